The van der Waals surface area contributed by atoms with E-state index < -0.39 is 10.7 Å². The van der Waals surface area contributed by atoms with Gasteiger partial charge < -0.3 is 9.84 Å². The van der Waals surface area contributed by atoms with Gasteiger partial charge in [-0.05, 0) is 32.1 Å². The van der Waals surface area contributed by atoms with Crippen LogP contribution in [0.4, 0.5) is 0 Å². The molecule has 0 aromatic heterocycles. The number of carboxylic acid groups (broad SMARTS) is 1. The molecule has 1 aliphatic rings. The number of rotatable bonds is 5. The van der Waals surface area contributed by atoms with Crippen molar-refractivity contribution in [1.82, 2.24) is 0 Å². The maximum Gasteiger partial charge on any atom is 0.319 e. The highest BCUT2D eigenvalue weighted by Crippen LogP contribution is 2.38. The molecule has 1 aliphatic heterocycles. The maximum atomic E-state index is 11.4. The van der Waals surface area contributed by atoms with E-state index in [2.05, 4.69) is 13.8 Å². The van der Waals surface area contributed by atoms with Gasteiger partial charge in [0.1, 0.15) is 4.75 Å². The molecule has 3 nitrogen and oxygen atoms in total. The fraction of sp³-hybridized carbons (Fsp3) is 0.917. The number of carboxylic acids is 1. The number of thioether (sulfide) groups is 1. The monoisotopic (exact) mass is 246 g/mol. The molecule has 0 aromatic carbocycles. The fourth-order valence-electron chi connectivity index (χ4n) is 2.13. The quantitative estimate of drug-likeness (QED) is 0.810. The molecule has 0 saturated carbocycles. The molecular formula is C12H22O3S. The summed E-state index contributed by atoms with van der Waals surface area (Å²) in [4.78, 5) is 11.4. The third kappa shape index (κ3) is 3.98. The minimum Gasteiger partial charge on any atom is -0.480 e. The summed E-state index contributed by atoms with van der Waals surface area (Å²) < 4.78 is 4.65. The van der Waals surface area contributed by atoms with Gasteiger partial charge in [0.15, 0.2) is 0 Å². The summed E-state index contributed by atoms with van der Waals surface area (Å²) in [6.45, 7) is 7.55. The highest BCUT2D eigenvalue weighted by molar-refractivity contribution is 8.02. The third-order valence-corrected chi connectivity index (χ3v) is 4.51. The van der Waals surface area contributed by atoms with E-state index in [1.807, 2.05) is 6.92 Å². The highest BCUT2D eigenvalue weighted by Gasteiger charge is 2.37. The van der Waals surface area contributed by atoms with Crippen molar-refractivity contribution in [3.05, 3.63) is 0 Å². The van der Waals surface area contributed by atoms with Gasteiger partial charge in [0.2, 0.25) is 0 Å². The van der Waals surface area contributed by atoms with Crippen LogP contribution in [-0.2, 0) is 9.53 Å². The third-order valence-electron chi connectivity index (χ3n) is 2.85. The van der Waals surface area contributed by atoms with Crippen molar-refractivity contribution in [2.75, 3.05) is 13.2 Å². The lowest BCUT2D eigenvalue weighted by Gasteiger charge is -2.32. The van der Waals surface area contributed by atoms with Crippen LogP contribution >= 0.6 is 11.8 Å². The molecule has 4 heteroatoms. The van der Waals surface area contributed by atoms with Gasteiger partial charge in [0.25, 0.3) is 0 Å². The Morgan fingerprint density at radius 1 is 1.50 bits per heavy atom. The Hall–Kier alpha value is -0.220. The van der Waals surface area contributed by atoms with E-state index in [9.17, 15) is 9.90 Å². The van der Waals surface area contributed by atoms with Gasteiger partial charge in [-0.1, -0.05) is 13.8 Å². The molecule has 16 heavy (non-hydrogen) atoms. The Labute approximate surface area is 102 Å². The van der Waals surface area contributed by atoms with Crippen molar-refractivity contribution in [1.29, 1.82) is 0 Å². The number of hydrogen-bond acceptors (Lipinski definition) is 3. The lowest BCUT2D eigenvalue weighted by atomic mass is 9.98. The van der Waals surface area contributed by atoms with Gasteiger partial charge in [0.05, 0.1) is 0 Å². The highest BCUT2D eigenvalue weighted by atomic mass is 32.2. The molecule has 1 atom stereocenters. The number of carbonyl (C=O) groups is 1. The van der Waals surface area contributed by atoms with Gasteiger partial charge >= 0.3 is 5.97 Å². The van der Waals surface area contributed by atoms with E-state index >= 15 is 0 Å². The number of aliphatic carboxylic acids is 1. The molecule has 1 N–H and O–H groups in total. The van der Waals surface area contributed by atoms with E-state index in [4.69, 9.17) is 4.74 Å². The minimum absolute atomic E-state index is 0.411. The van der Waals surface area contributed by atoms with Crippen LogP contribution in [0.3, 0.4) is 0 Å². The average molecular weight is 246 g/mol. The van der Waals surface area contributed by atoms with Gasteiger partial charge in [-0.3, -0.25) is 4.79 Å². The zero-order valence-corrected chi connectivity index (χ0v) is 11.2. The summed E-state index contributed by atoms with van der Waals surface area (Å²) in [5, 5.41) is 9.80. The van der Waals surface area contributed by atoms with Crippen LogP contribution in [-0.4, -0.2) is 34.3 Å². The van der Waals surface area contributed by atoms with Crippen molar-refractivity contribution in [3.63, 3.8) is 0 Å². The van der Waals surface area contributed by atoms with Gasteiger partial charge in [-0.2, -0.15) is 0 Å². The molecule has 0 amide bonds. The summed E-state index contributed by atoms with van der Waals surface area (Å²) in [5.74, 6) is -0.272. The average Bonchev–Trinajstić information content (AvgIpc) is 2.17. The summed E-state index contributed by atoms with van der Waals surface area (Å²) in [5.41, 5.74) is 0. The second-order valence-corrected chi connectivity index (χ2v) is 6.87. The molecule has 0 aliphatic carbocycles. The Kier molecular flexibility index (Phi) is 5.12. The van der Waals surface area contributed by atoms with Crippen molar-refractivity contribution in [2.45, 2.75) is 50.0 Å². The minimum atomic E-state index is -0.683. The van der Waals surface area contributed by atoms with E-state index in [1.54, 1.807) is 11.8 Å². The fourth-order valence-corrected chi connectivity index (χ4v) is 3.82. The first-order chi connectivity index (χ1) is 7.44. The molecule has 1 heterocycles. The summed E-state index contributed by atoms with van der Waals surface area (Å²) in [6.07, 6.45) is 2.68. The largest absolute Gasteiger partial charge is 0.480 e. The predicted molar refractivity (Wildman–Crippen MR) is 66.9 cm³/mol. The van der Waals surface area contributed by atoms with Crippen LogP contribution in [0.1, 0.15) is 40.0 Å². The first-order valence-electron chi connectivity index (χ1n) is 5.93. The Balaban J connectivity index is 2.58. The lowest BCUT2D eigenvalue weighted by Crippen LogP contribution is -2.36. The van der Waals surface area contributed by atoms with Crippen LogP contribution in [0.5, 0.6) is 0 Å². The van der Waals surface area contributed by atoms with Crippen molar-refractivity contribution >= 4 is 17.7 Å². The SMILES string of the molecule is CC(C)CC(C)(SC1CCOCC1)C(=O)O. The molecule has 1 unspecified atom stereocenters. The number of ether oxygens (including phenoxy) is 1. The second kappa shape index (κ2) is 5.92. The first kappa shape index (κ1) is 13.8. The smallest absolute Gasteiger partial charge is 0.319 e. The van der Waals surface area contributed by atoms with Crippen LogP contribution in [0.2, 0.25) is 0 Å². The zero-order chi connectivity index (χ0) is 12.2. The molecule has 94 valence electrons. The normalized spacial score (nSPS) is 22.0. The summed E-state index contributed by atoms with van der Waals surface area (Å²) in [7, 11) is 0. The number of hydrogen-bond donors (Lipinski definition) is 1. The Morgan fingerprint density at radius 2 is 2.06 bits per heavy atom. The van der Waals surface area contributed by atoms with Crippen LogP contribution < -0.4 is 0 Å². The van der Waals surface area contributed by atoms with Gasteiger partial charge in [-0.25, -0.2) is 0 Å². The van der Waals surface area contributed by atoms with Crippen LogP contribution in [0.15, 0.2) is 0 Å². The van der Waals surface area contributed by atoms with E-state index in [0.717, 1.165) is 32.5 Å². The molecule has 0 spiro atoms. The summed E-state index contributed by atoms with van der Waals surface area (Å²) in [6, 6.07) is 0. The topological polar surface area (TPSA) is 46.5 Å². The van der Waals surface area contributed by atoms with Crippen LogP contribution in [0, 0.1) is 5.92 Å². The maximum absolute atomic E-state index is 11.4. The van der Waals surface area contributed by atoms with Crippen molar-refractivity contribution < 1.29 is 14.6 Å². The molecule has 1 saturated heterocycles. The van der Waals surface area contributed by atoms with Crippen molar-refractivity contribution in [3.8, 4) is 0 Å². The molecule has 0 radical (unpaired) electrons. The molecule has 1 rings (SSSR count). The molecule has 0 bridgehead atoms. The molecule has 0 aromatic rings. The van der Waals surface area contributed by atoms with E-state index in [-0.39, 0.29) is 0 Å². The van der Waals surface area contributed by atoms with E-state index in [1.165, 1.54) is 0 Å². The van der Waals surface area contributed by atoms with Crippen molar-refractivity contribution in [2.24, 2.45) is 5.92 Å². The predicted octanol–water partition coefficient (Wildman–Crippen LogP) is 2.79. The molecule has 1 fully saturated rings. The van der Waals surface area contributed by atoms with E-state index in [0.29, 0.717) is 11.2 Å². The Bertz CT molecular complexity index is 236. The first-order valence-corrected chi connectivity index (χ1v) is 6.81. The zero-order valence-electron chi connectivity index (χ0n) is 10.4. The standard InChI is InChI=1S/C12H22O3S/c1-9(2)8-12(3,11(13)14)16-10-4-6-15-7-5-10/h9-10H,4-8H2,1-3H3,(H,13,14). The Morgan fingerprint density at radius 3 is 2.50 bits per heavy atom. The van der Waals surface area contributed by atoms with Crippen LogP contribution in [0.25, 0.3) is 0 Å². The van der Waals surface area contributed by atoms with Gasteiger partial charge in [0, 0.05) is 18.5 Å². The lowest BCUT2D eigenvalue weighted by molar-refractivity contribution is -0.139. The molecular weight excluding hydrogens is 224 g/mol. The summed E-state index contributed by atoms with van der Waals surface area (Å²) >= 11 is 1.62. The second-order valence-electron chi connectivity index (χ2n) is 5.06. The van der Waals surface area contributed by atoms with Gasteiger partial charge in [-0.15, -0.1) is 11.8 Å².